The molecule has 36 heavy (non-hydrogen) atoms. The van der Waals surface area contributed by atoms with E-state index in [9.17, 15) is 4.79 Å². The highest BCUT2D eigenvalue weighted by molar-refractivity contribution is 14.1. The van der Waals surface area contributed by atoms with Crippen molar-refractivity contribution in [2.75, 3.05) is 25.0 Å². The zero-order valence-corrected chi connectivity index (χ0v) is 22.6. The first kappa shape index (κ1) is 23.8. The summed E-state index contributed by atoms with van der Waals surface area (Å²) in [7, 11) is 0. The maximum absolute atomic E-state index is 13.7. The van der Waals surface area contributed by atoms with Gasteiger partial charge in [0.2, 0.25) is 5.91 Å². The molecule has 8 heteroatoms. The number of nitrogens with zero attached hydrogens (tertiary/aromatic N) is 2. The first-order valence-corrected chi connectivity index (χ1v) is 13.5. The Morgan fingerprint density at radius 2 is 2.06 bits per heavy atom. The third-order valence-corrected chi connectivity index (χ3v) is 7.93. The van der Waals surface area contributed by atoms with Crippen molar-refractivity contribution in [1.29, 1.82) is 0 Å². The lowest BCUT2D eigenvalue weighted by Gasteiger charge is -2.44. The van der Waals surface area contributed by atoms with Gasteiger partial charge in [-0.15, -0.1) is 0 Å². The van der Waals surface area contributed by atoms with E-state index in [1.54, 1.807) is 6.20 Å². The molecule has 0 aliphatic carbocycles. The predicted octanol–water partition coefficient (Wildman–Crippen LogP) is 4.45. The molecular weight excluding hydrogens is 565 g/mol. The summed E-state index contributed by atoms with van der Waals surface area (Å²) in [5.74, 6) is -0.0400. The molecule has 0 unspecified atom stereocenters. The van der Waals surface area contributed by atoms with Crippen LogP contribution in [0.2, 0.25) is 0 Å². The number of nitrogens with one attached hydrogen (secondary N) is 3. The van der Waals surface area contributed by atoms with Crippen LogP contribution in [0, 0.1) is 3.57 Å². The highest BCUT2D eigenvalue weighted by atomic mass is 127. The highest BCUT2D eigenvalue weighted by Crippen LogP contribution is 2.32. The van der Waals surface area contributed by atoms with Crippen LogP contribution in [0.5, 0.6) is 0 Å². The van der Waals surface area contributed by atoms with Gasteiger partial charge in [0.25, 0.3) is 0 Å². The topological polar surface area (TPSA) is 82.3 Å². The Bertz CT molecular complexity index is 1450. The molecule has 6 rings (SSSR count). The van der Waals surface area contributed by atoms with Crippen molar-refractivity contribution in [2.45, 2.75) is 44.5 Å². The summed E-state index contributed by atoms with van der Waals surface area (Å²) in [6, 6.07) is 14.7. The number of amides is 1. The maximum atomic E-state index is 13.7. The molecule has 2 aromatic heterocycles. The molecule has 3 N–H and O–H groups in total. The molecule has 0 saturated carbocycles. The molecule has 0 radical (unpaired) electrons. The van der Waals surface area contributed by atoms with Crippen LogP contribution in [0.25, 0.3) is 21.8 Å². The minimum atomic E-state index is -0.365. The lowest BCUT2D eigenvalue weighted by atomic mass is 9.94. The smallest absolute Gasteiger partial charge is 0.244 e. The second-order valence-electron chi connectivity index (χ2n) is 10.5. The number of H-pyrrole nitrogens is 1. The zero-order chi connectivity index (χ0) is 24.9. The SMILES string of the molecule is CC1(C)CN(C[C@H]2Cc3ccccc3CN2)[C@H](C(=O)Nc2cc(I)cc3c2[nH]c2cnccc23)CO1. The van der Waals surface area contributed by atoms with Gasteiger partial charge in [0.15, 0.2) is 0 Å². The molecule has 4 aromatic rings. The Morgan fingerprint density at radius 3 is 2.92 bits per heavy atom. The summed E-state index contributed by atoms with van der Waals surface area (Å²) in [4.78, 5) is 23.7. The largest absolute Gasteiger partial charge is 0.372 e. The number of carbonyl (C=O) groups excluding carboxylic acids is 1. The number of anilines is 1. The Kier molecular flexibility index (Phi) is 6.23. The summed E-state index contributed by atoms with van der Waals surface area (Å²) in [6.45, 7) is 6.91. The van der Waals surface area contributed by atoms with Crippen LogP contribution in [0.4, 0.5) is 5.69 Å². The van der Waals surface area contributed by atoms with Crippen molar-refractivity contribution in [1.82, 2.24) is 20.2 Å². The van der Waals surface area contributed by atoms with Crippen LogP contribution in [0.15, 0.2) is 54.9 Å². The summed E-state index contributed by atoms with van der Waals surface area (Å²) >= 11 is 2.31. The molecule has 2 aromatic carbocycles. The Labute approximate surface area is 224 Å². The van der Waals surface area contributed by atoms with Gasteiger partial charge in [-0.3, -0.25) is 14.7 Å². The molecule has 7 nitrogen and oxygen atoms in total. The maximum Gasteiger partial charge on any atom is 0.244 e. The van der Waals surface area contributed by atoms with Gasteiger partial charge in [-0.2, -0.15) is 0 Å². The first-order valence-electron chi connectivity index (χ1n) is 12.4. The lowest BCUT2D eigenvalue weighted by Crippen LogP contribution is -2.61. The fourth-order valence-electron chi connectivity index (χ4n) is 5.55. The van der Waals surface area contributed by atoms with Crippen LogP contribution in [-0.2, 0) is 22.5 Å². The van der Waals surface area contributed by atoms with Crippen molar-refractivity contribution in [3.63, 3.8) is 0 Å². The number of benzene rings is 2. The minimum Gasteiger partial charge on any atom is -0.372 e. The second kappa shape index (κ2) is 9.41. The Morgan fingerprint density at radius 1 is 1.22 bits per heavy atom. The number of carbonyl (C=O) groups is 1. The van der Waals surface area contributed by atoms with Crippen molar-refractivity contribution in [3.8, 4) is 0 Å². The molecular formula is C28H30IN5O2. The lowest BCUT2D eigenvalue weighted by molar-refractivity contribution is -0.143. The van der Waals surface area contributed by atoms with E-state index in [1.807, 2.05) is 18.3 Å². The van der Waals surface area contributed by atoms with Crippen LogP contribution in [0.1, 0.15) is 25.0 Å². The van der Waals surface area contributed by atoms with Gasteiger partial charge in [-0.1, -0.05) is 24.3 Å². The van der Waals surface area contributed by atoms with Crippen molar-refractivity contribution in [3.05, 3.63) is 69.6 Å². The van der Waals surface area contributed by atoms with Crippen LogP contribution in [-0.4, -0.2) is 58.2 Å². The highest BCUT2D eigenvalue weighted by Gasteiger charge is 2.39. The van der Waals surface area contributed by atoms with Crippen LogP contribution >= 0.6 is 22.6 Å². The van der Waals surface area contributed by atoms with Crippen molar-refractivity contribution < 1.29 is 9.53 Å². The number of aromatic nitrogens is 2. The van der Waals surface area contributed by atoms with Crippen LogP contribution in [0.3, 0.4) is 0 Å². The number of halogens is 1. The van der Waals surface area contributed by atoms with Gasteiger partial charge in [0.1, 0.15) is 6.04 Å². The molecule has 0 spiro atoms. The number of fused-ring (bicyclic) bond motifs is 4. The Balaban J connectivity index is 1.26. The van der Waals surface area contributed by atoms with E-state index in [0.717, 1.165) is 50.6 Å². The number of hydrogen-bond donors (Lipinski definition) is 3. The monoisotopic (exact) mass is 595 g/mol. The van der Waals surface area contributed by atoms with E-state index in [1.165, 1.54) is 11.1 Å². The third-order valence-electron chi connectivity index (χ3n) is 7.31. The van der Waals surface area contributed by atoms with Gasteiger partial charge >= 0.3 is 0 Å². The van der Waals surface area contributed by atoms with Gasteiger partial charge in [-0.25, -0.2) is 0 Å². The summed E-state index contributed by atoms with van der Waals surface area (Å²) in [6.07, 6.45) is 4.58. The number of pyridine rings is 1. The molecule has 1 saturated heterocycles. The molecule has 2 aliphatic heterocycles. The molecule has 2 atom stereocenters. The fourth-order valence-corrected chi connectivity index (χ4v) is 6.18. The molecule has 186 valence electrons. The standard InChI is InChI=1S/C28H30IN5O2/c1-28(2)16-34(14-20-9-17-5-3-4-6-18(17)12-31-20)25(15-36-28)27(35)33-23-11-19(29)10-22-21-7-8-30-13-24(21)32-26(22)23/h3-8,10-11,13,20,25,31-32H,9,12,14-16H2,1-2H3,(H,33,35)/t20-,25+/m1/s1. The number of morpholine rings is 1. The van der Waals surface area contributed by atoms with Gasteiger partial charge < -0.3 is 20.4 Å². The number of ether oxygens (including phenoxy) is 1. The first-order chi connectivity index (χ1) is 17.4. The third kappa shape index (κ3) is 4.63. The van der Waals surface area contributed by atoms with Gasteiger partial charge in [0.05, 0.1) is 35.1 Å². The fraction of sp³-hybridized carbons (Fsp3) is 0.357. The molecule has 0 bridgehead atoms. The molecule has 4 heterocycles. The molecule has 1 amide bonds. The van der Waals surface area contributed by atoms with Crippen molar-refractivity contribution in [2.24, 2.45) is 0 Å². The number of hydrogen-bond acceptors (Lipinski definition) is 5. The van der Waals surface area contributed by atoms with Gasteiger partial charge in [-0.05, 0) is 72.2 Å². The van der Waals surface area contributed by atoms with E-state index < -0.39 is 0 Å². The molecule has 2 aliphatic rings. The average Bonchev–Trinajstić information content (AvgIpc) is 3.22. The summed E-state index contributed by atoms with van der Waals surface area (Å²) in [5.41, 5.74) is 5.11. The summed E-state index contributed by atoms with van der Waals surface area (Å²) < 4.78 is 7.20. The van der Waals surface area contributed by atoms with Crippen LogP contribution < -0.4 is 10.6 Å². The zero-order valence-electron chi connectivity index (χ0n) is 20.5. The van der Waals surface area contributed by atoms with E-state index in [0.29, 0.717) is 13.2 Å². The van der Waals surface area contributed by atoms with E-state index in [4.69, 9.17) is 4.74 Å². The summed E-state index contributed by atoms with van der Waals surface area (Å²) in [5, 5.41) is 9.09. The number of aromatic amines is 1. The number of rotatable bonds is 4. The Hall–Kier alpha value is -2.53. The average molecular weight is 595 g/mol. The van der Waals surface area contributed by atoms with Crippen molar-refractivity contribution >= 4 is 56.0 Å². The van der Waals surface area contributed by atoms with E-state index >= 15 is 0 Å². The second-order valence-corrected chi connectivity index (χ2v) is 11.7. The normalized spacial score (nSPS) is 22.0. The van der Waals surface area contributed by atoms with Gasteiger partial charge in [0, 0.05) is 46.2 Å². The van der Waals surface area contributed by atoms with E-state index in [-0.39, 0.29) is 23.6 Å². The van der Waals surface area contributed by atoms with E-state index in [2.05, 4.69) is 92.3 Å². The molecule has 1 fully saturated rings. The quantitative estimate of drug-likeness (QED) is 0.304. The minimum absolute atomic E-state index is 0.0400. The predicted molar refractivity (Wildman–Crippen MR) is 151 cm³/mol.